The van der Waals surface area contributed by atoms with E-state index in [4.69, 9.17) is 4.74 Å². The van der Waals surface area contributed by atoms with E-state index in [1.807, 2.05) is 12.1 Å². The molecule has 0 unspecified atom stereocenters. The van der Waals surface area contributed by atoms with Gasteiger partial charge >= 0.3 is 0 Å². The number of para-hydroxylation sites is 1. The first kappa shape index (κ1) is 13.5. The number of halogens is 3. The van der Waals surface area contributed by atoms with Gasteiger partial charge in [0.2, 0.25) is 0 Å². The number of fused-ring (bicyclic) bond motifs is 1. The number of anilines is 1. The zero-order chi connectivity index (χ0) is 15.0. The summed E-state index contributed by atoms with van der Waals surface area (Å²) in [5.41, 5.74) is 0.446. The van der Waals surface area contributed by atoms with Crippen LogP contribution in [0.2, 0.25) is 0 Å². The molecule has 0 radical (unpaired) electrons. The lowest BCUT2D eigenvalue weighted by atomic mass is 10.1. The van der Waals surface area contributed by atoms with E-state index < -0.39 is 35.2 Å². The normalized spacial score (nSPS) is 16.2. The number of hydrogen-bond donors (Lipinski definition) is 1. The summed E-state index contributed by atoms with van der Waals surface area (Å²) < 4.78 is 44.9. The summed E-state index contributed by atoms with van der Waals surface area (Å²) in [4.78, 5) is 12.0. The molecule has 0 aliphatic carbocycles. The number of rotatable bonds is 2. The van der Waals surface area contributed by atoms with Crippen molar-refractivity contribution < 1.29 is 22.7 Å². The Labute approximate surface area is 118 Å². The maximum Gasteiger partial charge on any atom is 0.265 e. The first-order valence-electron chi connectivity index (χ1n) is 6.25. The molecule has 1 N–H and O–H groups in total. The third-order valence-corrected chi connectivity index (χ3v) is 3.23. The molecular formula is C15H10F3NO2. The van der Waals surface area contributed by atoms with Crippen LogP contribution in [-0.2, 0) is 11.2 Å². The van der Waals surface area contributed by atoms with Gasteiger partial charge in [-0.2, -0.15) is 0 Å². The lowest BCUT2D eigenvalue weighted by Gasteiger charge is -2.12. The Morgan fingerprint density at radius 3 is 2.62 bits per heavy atom. The molecule has 0 bridgehead atoms. The predicted molar refractivity (Wildman–Crippen MR) is 69.5 cm³/mol. The lowest BCUT2D eigenvalue weighted by molar-refractivity contribution is -0.122. The highest BCUT2D eigenvalue weighted by Crippen LogP contribution is 2.29. The lowest BCUT2D eigenvalue weighted by Crippen LogP contribution is -2.31. The smallest absolute Gasteiger partial charge is 0.265 e. The number of ether oxygens (including phenoxy) is 1. The number of carbonyl (C=O) groups excluding carboxylic acids is 1. The van der Waals surface area contributed by atoms with Gasteiger partial charge in [0.05, 0.1) is 5.69 Å². The van der Waals surface area contributed by atoms with E-state index in [0.717, 1.165) is 17.7 Å². The Hall–Kier alpha value is -2.50. The molecule has 1 atom stereocenters. The van der Waals surface area contributed by atoms with E-state index in [-0.39, 0.29) is 0 Å². The minimum absolute atomic E-state index is 0.341. The van der Waals surface area contributed by atoms with Gasteiger partial charge in [-0.25, -0.2) is 13.2 Å². The fraction of sp³-hybridized carbons (Fsp3) is 0.133. The molecule has 1 aliphatic rings. The minimum atomic E-state index is -1.62. The summed E-state index contributed by atoms with van der Waals surface area (Å²) in [6.07, 6.45) is -0.484. The predicted octanol–water partition coefficient (Wildman–Crippen LogP) is 3.05. The monoisotopic (exact) mass is 293 g/mol. The van der Waals surface area contributed by atoms with Crippen molar-refractivity contribution in [3.8, 4) is 5.75 Å². The van der Waals surface area contributed by atoms with Gasteiger partial charge in [0, 0.05) is 6.42 Å². The van der Waals surface area contributed by atoms with E-state index in [1.165, 1.54) is 0 Å². The van der Waals surface area contributed by atoms with Crippen molar-refractivity contribution in [1.29, 1.82) is 0 Å². The summed E-state index contributed by atoms with van der Waals surface area (Å²) in [7, 11) is 0. The van der Waals surface area contributed by atoms with Crippen LogP contribution in [0.15, 0.2) is 36.4 Å². The van der Waals surface area contributed by atoms with Gasteiger partial charge in [-0.05, 0) is 23.8 Å². The second-order valence-electron chi connectivity index (χ2n) is 4.63. The molecule has 2 aromatic carbocycles. The molecule has 1 aliphatic heterocycles. The second kappa shape index (κ2) is 5.12. The third-order valence-electron chi connectivity index (χ3n) is 3.23. The molecule has 0 spiro atoms. The van der Waals surface area contributed by atoms with Gasteiger partial charge < -0.3 is 10.1 Å². The Balaban J connectivity index is 1.76. The van der Waals surface area contributed by atoms with Gasteiger partial charge in [0.25, 0.3) is 5.91 Å². The molecule has 108 valence electrons. The number of benzene rings is 2. The van der Waals surface area contributed by atoms with Crippen molar-refractivity contribution in [2.24, 2.45) is 0 Å². The molecule has 0 saturated heterocycles. The van der Waals surface area contributed by atoms with Crippen LogP contribution in [0.25, 0.3) is 0 Å². The fourth-order valence-corrected chi connectivity index (χ4v) is 2.16. The molecule has 3 rings (SSSR count). The maximum atomic E-state index is 13.5. The van der Waals surface area contributed by atoms with Crippen molar-refractivity contribution in [1.82, 2.24) is 0 Å². The average Bonchev–Trinajstić information content (AvgIpc) is 2.92. The van der Waals surface area contributed by atoms with Crippen molar-refractivity contribution in [2.45, 2.75) is 12.5 Å². The van der Waals surface area contributed by atoms with Gasteiger partial charge in [-0.1, -0.05) is 18.2 Å². The van der Waals surface area contributed by atoms with Gasteiger partial charge in [0.15, 0.2) is 23.6 Å². The number of carbonyl (C=O) groups is 1. The Kier molecular flexibility index (Phi) is 3.29. The Morgan fingerprint density at radius 1 is 1.10 bits per heavy atom. The standard InChI is InChI=1S/C15H10F3NO2/c16-9-5-6-10(14(18)13(9)17)19-15(20)12-7-8-3-1-2-4-11(8)21-12/h1-6,12H,7H2,(H,19,20)/t12-/m0/s1. The zero-order valence-corrected chi connectivity index (χ0v) is 10.7. The molecule has 0 fully saturated rings. The SMILES string of the molecule is O=C(Nc1ccc(F)c(F)c1F)[C@@H]1Cc2ccccc2O1. The van der Waals surface area contributed by atoms with Crippen LogP contribution < -0.4 is 10.1 Å². The number of nitrogens with one attached hydrogen (secondary N) is 1. The molecule has 21 heavy (non-hydrogen) atoms. The molecular weight excluding hydrogens is 283 g/mol. The molecule has 1 heterocycles. The molecule has 1 amide bonds. The van der Waals surface area contributed by atoms with Crippen LogP contribution >= 0.6 is 0 Å². The minimum Gasteiger partial charge on any atom is -0.480 e. The summed E-state index contributed by atoms with van der Waals surface area (Å²) in [6.45, 7) is 0. The fourth-order valence-electron chi connectivity index (χ4n) is 2.16. The van der Waals surface area contributed by atoms with E-state index >= 15 is 0 Å². The first-order valence-corrected chi connectivity index (χ1v) is 6.25. The van der Waals surface area contributed by atoms with Crippen LogP contribution in [0.1, 0.15) is 5.56 Å². The van der Waals surface area contributed by atoms with Crippen molar-refractivity contribution in [2.75, 3.05) is 5.32 Å². The highest BCUT2D eigenvalue weighted by molar-refractivity contribution is 5.95. The Morgan fingerprint density at radius 2 is 1.86 bits per heavy atom. The molecule has 6 heteroatoms. The summed E-state index contributed by atoms with van der Waals surface area (Å²) in [5, 5.41) is 2.21. The van der Waals surface area contributed by atoms with E-state index in [2.05, 4.69) is 5.32 Å². The third kappa shape index (κ3) is 2.44. The van der Waals surface area contributed by atoms with E-state index in [9.17, 15) is 18.0 Å². The van der Waals surface area contributed by atoms with Crippen molar-refractivity contribution >= 4 is 11.6 Å². The topological polar surface area (TPSA) is 38.3 Å². The van der Waals surface area contributed by atoms with Gasteiger partial charge in [-0.15, -0.1) is 0 Å². The summed E-state index contributed by atoms with van der Waals surface area (Å²) in [6, 6.07) is 8.85. The van der Waals surface area contributed by atoms with E-state index in [1.54, 1.807) is 12.1 Å². The van der Waals surface area contributed by atoms with Crippen molar-refractivity contribution in [3.05, 3.63) is 59.4 Å². The highest BCUT2D eigenvalue weighted by atomic mass is 19.2. The van der Waals surface area contributed by atoms with Crippen molar-refractivity contribution in [3.63, 3.8) is 0 Å². The largest absolute Gasteiger partial charge is 0.480 e. The Bertz CT molecular complexity index is 693. The van der Waals surface area contributed by atoms with Crippen LogP contribution in [0, 0.1) is 17.5 Å². The molecule has 3 nitrogen and oxygen atoms in total. The summed E-state index contributed by atoms with van der Waals surface area (Å²) >= 11 is 0. The van der Waals surface area contributed by atoms with Crippen LogP contribution in [0.3, 0.4) is 0 Å². The van der Waals surface area contributed by atoms with Crippen LogP contribution in [0.5, 0.6) is 5.75 Å². The van der Waals surface area contributed by atoms with Gasteiger partial charge in [0.1, 0.15) is 5.75 Å². The molecule has 0 aromatic heterocycles. The van der Waals surface area contributed by atoms with Crippen LogP contribution in [-0.4, -0.2) is 12.0 Å². The number of hydrogen-bond acceptors (Lipinski definition) is 2. The highest BCUT2D eigenvalue weighted by Gasteiger charge is 2.29. The number of amides is 1. The quantitative estimate of drug-likeness (QED) is 0.864. The maximum absolute atomic E-state index is 13.5. The zero-order valence-electron chi connectivity index (χ0n) is 10.7. The second-order valence-corrected chi connectivity index (χ2v) is 4.63. The van der Waals surface area contributed by atoms with E-state index in [0.29, 0.717) is 12.2 Å². The molecule has 0 saturated carbocycles. The summed E-state index contributed by atoms with van der Waals surface area (Å²) in [5.74, 6) is -4.39. The average molecular weight is 293 g/mol. The van der Waals surface area contributed by atoms with Crippen LogP contribution in [0.4, 0.5) is 18.9 Å². The van der Waals surface area contributed by atoms with Gasteiger partial charge in [-0.3, -0.25) is 4.79 Å². The molecule has 2 aromatic rings. The first-order chi connectivity index (χ1) is 10.1.